The van der Waals surface area contributed by atoms with E-state index < -0.39 is 11.0 Å². The Hall–Kier alpha value is -3.16. The Morgan fingerprint density at radius 2 is 1.40 bits per heavy atom. The SMILES string of the molecule is O=C(Nc1ccc(N=Nc2ccccc2)cc1)c1ccc(S(=O)N2CCCC2)cc1. The van der Waals surface area contributed by atoms with E-state index in [2.05, 4.69) is 15.5 Å². The molecule has 0 spiro atoms. The Balaban J connectivity index is 1.36. The van der Waals surface area contributed by atoms with E-state index in [1.807, 2.05) is 34.6 Å². The van der Waals surface area contributed by atoms with E-state index in [1.165, 1.54) is 0 Å². The lowest BCUT2D eigenvalue weighted by atomic mass is 10.2. The molecule has 1 heterocycles. The summed E-state index contributed by atoms with van der Waals surface area (Å²) in [6, 6.07) is 23.6. The molecule has 1 N–H and O–H groups in total. The Kier molecular flexibility index (Phi) is 6.41. The summed E-state index contributed by atoms with van der Waals surface area (Å²) in [5, 5.41) is 11.2. The zero-order valence-electron chi connectivity index (χ0n) is 16.4. The van der Waals surface area contributed by atoms with Crippen LogP contribution in [-0.2, 0) is 11.0 Å². The fraction of sp³-hybridized carbons (Fsp3) is 0.174. The van der Waals surface area contributed by atoms with Crippen LogP contribution in [0.15, 0.2) is 94.0 Å². The first-order valence-electron chi connectivity index (χ1n) is 9.84. The highest BCUT2D eigenvalue weighted by atomic mass is 32.2. The molecule has 1 amide bonds. The van der Waals surface area contributed by atoms with Gasteiger partial charge in [0.05, 0.1) is 16.3 Å². The second-order valence-electron chi connectivity index (χ2n) is 6.95. The lowest BCUT2D eigenvalue weighted by molar-refractivity contribution is 0.102. The average Bonchev–Trinajstić information content (AvgIpc) is 3.34. The molecular weight excluding hydrogens is 396 g/mol. The highest BCUT2D eigenvalue weighted by molar-refractivity contribution is 7.82. The van der Waals surface area contributed by atoms with Gasteiger partial charge in [-0.15, -0.1) is 0 Å². The second kappa shape index (κ2) is 9.56. The topological polar surface area (TPSA) is 74.1 Å². The number of rotatable bonds is 6. The standard InChI is InChI=1S/C23H22N4O2S/c28-23(18-8-14-22(15-9-18)30(29)27-16-4-5-17-27)24-19-10-12-21(13-11-19)26-25-20-6-2-1-3-7-20/h1-3,6-15H,4-5,16-17H2,(H,24,28). The number of anilines is 1. The molecule has 0 saturated carbocycles. The number of nitrogens with zero attached hydrogens (tertiary/aromatic N) is 3. The van der Waals surface area contributed by atoms with Crippen molar-refractivity contribution in [3.05, 3.63) is 84.4 Å². The van der Waals surface area contributed by atoms with Crippen molar-refractivity contribution in [1.82, 2.24) is 4.31 Å². The summed E-state index contributed by atoms with van der Waals surface area (Å²) in [7, 11) is -1.15. The molecule has 1 aliphatic heterocycles. The van der Waals surface area contributed by atoms with E-state index in [0.717, 1.165) is 36.5 Å². The number of azo groups is 1. The molecule has 152 valence electrons. The smallest absolute Gasteiger partial charge is 0.255 e. The molecule has 0 aromatic heterocycles. The number of carbonyl (C=O) groups is 1. The lowest BCUT2D eigenvalue weighted by Gasteiger charge is -2.13. The van der Waals surface area contributed by atoms with Crippen molar-refractivity contribution >= 4 is 34.0 Å². The minimum absolute atomic E-state index is 0.216. The van der Waals surface area contributed by atoms with Gasteiger partial charge in [0.15, 0.2) is 0 Å². The predicted molar refractivity (Wildman–Crippen MR) is 119 cm³/mol. The molecule has 3 aromatic carbocycles. The number of hydrogen-bond donors (Lipinski definition) is 1. The van der Waals surface area contributed by atoms with Crippen LogP contribution < -0.4 is 5.32 Å². The van der Waals surface area contributed by atoms with Gasteiger partial charge in [0.1, 0.15) is 11.0 Å². The third kappa shape index (κ3) is 5.06. The van der Waals surface area contributed by atoms with Gasteiger partial charge in [0, 0.05) is 24.3 Å². The summed E-state index contributed by atoms with van der Waals surface area (Å²) in [4.78, 5) is 13.2. The quantitative estimate of drug-likeness (QED) is 0.539. The van der Waals surface area contributed by atoms with Crippen molar-refractivity contribution in [3.8, 4) is 0 Å². The van der Waals surface area contributed by atoms with Gasteiger partial charge in [-0.2, -0.15) is 10.2 Å². The molecule has 1 atom stereocenters. The maximum absolute atomic E-state index is 12.5. The van der Waals surface area contributed by atoms with Crippen LogP contribution in [0.4, 0.5) is 17.1 Å². The number of nitrogens with one attached hydrogen (secondary N) is 1. The summed E-state index contributed by atoms with van der Waals surface area (Å²) in [6.45, 7) is 1.71. The highest BCUT2D eigenvalue weighted by Crippen LogP contribution is 2.21. The number of benzene rings is 3. The van der Waals surface area contributed by atoms with Crippen LogP contribution >= 0.6 is 0 Å². The normalized spacial score (nSPS) is 15.3. The van der Waals surface area contributed by atoms with Crippen LogP contribution in [0.1, 0.15) is 23.2 Å². The van der Waals surface area contributed by atoms with Crippen molar-refractivity contribution in [2.45, 2.75) is 17.7 Å². The Morgan fingerprint density at radius 3 is 2.03 bits per heavy atom. The Morgan fingerprint density at radius 1 is 0.800 bits per heavy atom. The average molecular weight is 419 g/mol. The second-order valence-corrected chi connectivity index (χ2v) is 8.43. The minimum Gasteiger partial charge on any atom is -0.322 e. The van der Waals surface area contributed by atoms with E-state index in [4.69, 9.17) is 0 Å². The molecule has 1 fully saturated rings. The van der Waals surface area contributed by atoms with Crippen molar-refractivity contribution in [3.63, 3.8) is 0 Å². The van der Waals surface area contributed by atoms with Crippen molar-refractivity contribution in [2.75, 3.05) is 18.4 Å². The monoisotopic (exact) mass is 418 g/mol. The van der Waals surface area contributed by atoms with E-state index in [0.29, 0.717) is 16.9 Å². The molecule has 1 aliphatic rings. The van der Waals surface area contributed by atoms with Crippen molar-refractivity contribution in [2.24, 2.45) is 10.2 Å². The fourth-order valence-electron chi connectivity index (χ4n) is 3.15. The first kappa shape index (κ1) is 20.1. The van der Waals surface area contributed by atoms with Gasteiger partial charge in [0.25, 0.3) is 5.91 Å². The molecule has 6 nitrogen and oxygen atoms in total. The molecule has 3 aromatic rings. The predicted octanol–water partition coefficient (Wildman–Crippen LogP) is 5.47. The highest BCUT2D eigenvalue weighted by Gasteiger charge is 2.19. The van der Waals surface area contributed by atoms with Crippen LogP contribution in [0.5, 0.6) is 0 Å². The van der Waals surface area contributed by atoms with Gasteiger partial charge >= 0.3 is 0 Å². The Bertz CT molecular complexity index is 1040. The number of amides is 1. The molecule has 4 rings (SSSR count). The van der Waals surface area contributed by atoms with Crippen LogP contribution in [-0.4, -0.2) is 27.5 Å². The van der Waals surface area contributed by atoms with Crippen molar-refractivity contribution < 1.29 is 9.00 Å². The van der Waals surface area contributed by atoms with Gasteiger partial charge in [-0.1, -0.05) is 18.2 Å². The van der Waals surface area contributed by atoms with E-state index in [9.17, 15) is 9.00 Å². The van der Waals surface area contributed by atoms with Gasteiger partial charge in [-0.05, 0) is 73.5 Å². The molecule has 1 unspecified atom stereocenters. The zero-order valence-corrected chi connectivity index (χ0v) is 17.2. The first-order valence-corrected chi connectivity index (χ1v) is 10.9. The van der Waals surface area contributed by atoms with Gasteiger partial charge in [-0.3, -0.25) is 4.79 Å². The third-order valence-corrected chi connectivity index (χ3v) is 6.29. The summed E-state index contributed by atoms with van der Waals surface area (Å²) < 4.78 is 14.5. The molecule has 0 aliphatic carbocycles. The number of hydrogen-bond acceptors (Lipinski definition) is 4. The van der Waals surface area contributed by atoms with Crippen LogP contribution in [0.2, 0.25) is 0 Å². The maximum atomic E-state index is 12.5. The van der Waals surface area contributed by atoms with E-state index in [1.54, 1.807) is 48.5 Å². The van der Waals surface area contributed by atoms with Crippen molar-refractivity contribution in [1.29, 1.82) is 0 Å². The van der Waals surface area contributed by atoms with Crippen LogP contribution in [0.3, 0.4) is 0 Å². The summed E-state index contributed by atoms with van der Waals surface area (Å²) in [5.74, 6) is -0.216. The largest absolute Gasteiger partial charge is 0.322 e. The maximum Gasteiger partial charge on any atom is 0.255 e. The zero-order chi connectivity index (χ0) is 20.8. The molecule has 0 radical (unpaired) electrons. The first-order chi connectivity index (χ1) is 14.7. The molecule has 0 bridgehead atoms. The van der Waals surface area contributed by atoms with E-state index in [-0.39, 0.29) is 5.91 Å². The molecule has 7 heteroatoms. The van der Waals surface area contributed by atoms with Crippen LogP contribution in [0.25, 0.3) is 0 Å². The lowest BCUT2D eigenvalue weighted by Crippen LogP contribution is -2.22. The molecular formula is C23H22N4O2S. The summed E-state index contributed by atoms with van der Waals surface area (Å²) >= 11 is 0. The van der Waals surface area contributed by atoms with E-state index >= 15 is 0 Å². The van der Waals surface area contributed by atoms with Gasteiger partial charge in [0.2, 0.25) is 0 Å². The molecule has 1 saturated heterocycles. The Labute approximate surface area is 178 Å². The van der Waals surface area contributed by atoms with Gasteiger partial charge < -0.3 is 5.32 Å². The fourth-order valence-corrected chi connectivity index (χ4v) is 4.41. The van der Waals surface area contributed by atoms with Gasteiger partial charge in [-0.25, -0.2) is 8.51 Å². The summed E-state index contributed by atoms with van der Waals surface area (Å²) in [6.07, 6.45) is 2.16. The number of carbonyl (C=O) groups excluding carboxylic acids is 1. The van der Waals surface area contributed by atoms with Crippen LogP contribution in [0, 0.1) is 0 Å². The summed E-state index contributed by atoms with van der Waals surface area (Å²) in [5.41, 5.74) is 2.67. The minimum atomic E-state index is -1.15. The molecule has 30 heavy (non-hydrogen) atoms. The third-order valence-electron chi connectivity index (χ3n) is 4.78.